The number of aryl methyl sites for hydroxylation is 3. The molecule has 116 valence electrons. The molecule has 0 heterocycles. The topological polar surface area (TPSA) is 38.3 Å². The van der Waals surface area contributed by atoms with Crippen molar-refractivity contribution in [1.29, 1.82) is 0 Å². The third kappa shape index (κ3) is 4.35. The van der Waals surface area contributed by atoms with Gasteiger partial charge < -0.3 is 10.1 Å². The van der Waals surface area contributed by atoms with E-state index in [-0.39, 0.29) is 5.91 Å². The lowest BCUT2D eigenvalue weighted by molar-refractivity contribution is -0.127. The van der Waals surface area contributed by atoms with E-state index in [2.05, 4.69) is 11.4 Å². The lowest BCUT2D eigenvalue weighted by atomic mass is 10.1. The van der Waals surface area contributed by atoms with Gasteiger partial charge >= 0.3 is 0 Å². The van der Waals surface area contributed by atoms with E-state index in [4.69, 9.17) is 4.74 Å². The molecule has 1 N–H and O–H groups in total. The first-order chi connectivity index (χ1) is 10.5. The van der Waals surface area contributed by atoms with Gasteiger partial charge in [-0.15, -0.1) is 0 Å². The fraction of sp³-hybridized carbons (Fsp3) is 0.316. The van der Waals surface area contributed by atoms with E-state index >= 15 is 0 Å². The molecule has 0 aliphatic heterocycles. The number of amides is 1. The molecule has 0 fully saturated rings. The van der Waals surface area contributed by atoms with Crippen LogP contribution in [0.5, 0.6) is 5.75 Å². The summed E-state index contributed by atoms with van der Waals surface area (Å²) in [6, 6.07) is 14.0. The standard InChI is InChI=1S/C19H23NO2/c1-13-9-14(2)11-18(10-13)22-16(4)19(21)20-12-17-8-6-5-7-15(17)3/h5-11,16H,12H2,1-4H3,(H,20,21)/t16-/m1/s1. The molecule has 0 saturated carbocycles. The van der Waals surface area contributed by atoms with E-state index in [0.29, 0.717) is 6.54 Å². The van der Waals surface area contributed by atoms with Crippen molar-refractivity contribution < 1.29 is 9.53 Å². The zero-order valence-electron chi connectivity index (χ0n) is 13.6. The molecule has 0 saturated heterocycles. The lowest BCUT2D eigenvalue weighted by Gasteiger charge is -2.16. The third-order valence-electron chi connectivity index (χ3n) is 3.59. The summed E-state index contributed by atoms with van der Waals surface area (Å²) < 4.78 is 5.74. The van der Waals surface area contributed by atoms with Crippen LogP contribution in [0.25, 0.3) is 0 Å². The van der Waals surface area contributed by atoms with Gasteiger partial charge in [0, 0.05) is 6.54 Å². The normalized spacial score (nSPS) is 11.8. The van der Waals surface area contributed by atoms with Gasteiger partial charge in [0.25, 0.3) is 5.91 Å². The quantitative estimate of drug-likeness (QED) is 0.914. The minimum atomic E-state index is -0.523. The molecule has 3 heteroatoms. The molecule has 1 amide bonds. The van der Waals surface area contributed by atoms with Gasteiger partial charge in [0.15, 0.2) is 6.10 Å². The average Bonchev–Trinajstić information content (AvgIpc) is 2.45. The van der Waals surface area contributed by atoms with Crippen molar-refractivity contribution in [2.24, 2.45) is 0 Å². The number of hydrogen-bond donors (Lipinski definition) is 1. The summed E-state index contributed by atoms with van der Waals surface area (Å²) in [7, 11) is 0. The van der Waals surface area contributed by atoms with Gasteiger partial charge in [-0.25, -0.2) is 0 Å². The van der Waals surface area contributed by atoms with E-state index < -0.39 is 6.10 Å². The minimum Gasteiger partial charge on any atom is -0.481 e. The summed E-state index contributed by atoms with van der Waals surface area (Å²) in [4.78, 5) is 12.2. The molecule has 3 nitrogen and oxygen atoms in total. The number of nitrogens with one attached hydrogen (secondary N) is 1. The number of carbonyl (C=O) groups is 1. The number of hydrogen-bond acceptors (Lipinski definition) is 2. The molecule has 1 atom stereocenters. The molecule has 0 unspecified atom stereocenters. The third-order valence-corrected chi connectivity index (χ3v) is 3.59. The summed E-state index contributed by atoms with van der Waals surface area (Å²) in [5.41, 5.74) is 4.55. The van der Waals surface area contributed by atoms with Crippen molar-refractivity contribution >= 4 is 5.91 Å². The number of ether oxygens (including phenoxy) is 1. The Labute approximate surface area is 132 Å². The Morgan fingerprint density at radius 3 is 2.36 bits per heavy atom. The van der Waals surface area contributed by atoms with Crippen molar-refractivity contribution in [3.63, 3.8) is 0 Å². The van der Waals surface area contributed by atoms with Crippen LogP contribution in [0.3, 0.4) is 0 Å². The Balaban J connectivity index is 1.93. The van der Waals surface area contributed by atoms with Crippen LogP contribution in [0.2, 0.25) is 0 Å². The van der Waals surface area contributed by atoms with Crippen LogP contribution in [-0.2, 0) is 11.3 Å². The first-order valence-electron chi connectivity index (χ1n) is 7.53. The SMILES string of the molecule is Cc1cc(C)cc(O[C@H](C)C(=O)NCc2ccccc2C)c1. The van der Waals surface area contributed by atoms with E-state index in [1.807, 2.05) is 57.2 Å². The molecular weight excluding hydrogens is 274 g/mol. The number of rotatable bonds is 5. The number of carbonyl (C=O) groups excluding carboxylic acids is 1. The molecule has 0 aliphatic carbocycles. The van der Waals surface area contributed by atoms with E-state index in [1.165, 1.54) is 5.56 Å². The van der Waals surface area contributed by atoms with Crippen LogP contribution < -0.4 is 10.1 Å². The van der Waals surface area contributed by atoms with Crippen LogP contribution in [0.4, 0.5) is 0 Å². The molecule has 0 aromatic heterocycles. The van der Waals surface area contributed by atoms with Gasteiger partial charge in [-0.2, -0.15) is 0 Å². The molecule has 2 rings (SSSR count). The maximum atomic E-state index is 12.2. The lowest BCUT2D eigenvalue weighted by Crippen LogP contribution is -2.36. The second-order valence-electron chi connectivity index (χ2n) is 5.73. The van der Waals surface area contributed by atoms with Gasteiger partial charge in [0.1, 0.15) is 5.75 Å². The summed E-state index contributed by atoms with van der Waals surface area (Å²) in [6.07, 6.45) is -0.523. The zero-order chi connectivity index (χ0) is 16.1. The summed E-state index contributed by atoms with van der Waals surface area (Å²) in [6.45, 7) is 8.36. The Kier molecular flexibility index (Phi) is 5.21. The first kappa shape index (κ1) is 16.1. The summed E-state index contributed by atoms with van der Waals surface area (Å²) in [5, 5.41) is 2.93. The van der Waals surface area contributed by atoms with Crippen LogP contribution in [-0.4, -0.2) is 12.0 Å². The average molecular weight is 297 g/mol. The molecule has 0 spiro atoms. The van der Waals surface area contributed by atoms with Crippen molar-refractivity contribution in [1.82, 2.24) is 5.32 Å². The van der Waals surface area contributed by atoms with Gasteiger partial charge in [0.2, 0.25) is 0 Å². The molecule has 2 aromatic rings. The highest BCUT2D eigenvalue weighted by Crippen LogP contribution is 2.17. The Bertz CT molecular complexity index is 644. The van der Waals surface area contributed by atoms with Crippen molar-refractivity contribution in [3.05, 3.63) is 64.7 Å². The van der Waals surface area contributed by atoms with Crippen LogP contribution in [0.1, 0.15) is 29.2 Å². The summed E-state index contributed by atoms with van der Waals surface area (Å²) in [5.74, 6) is 0.624. The molecule has 2 aromatic carbocycles. The first-order valence-corrected chi connectivity index (χ1v) is 7.53. The maximum Gasteiger partial charge on any atom is 0.261 e. The van der Waals surface area contributed by atoms with Crippen molar-refractivity contribution in [2.75, 3.05) is 0 Å². The maximum absolute atomic E-state index is 12.2. The summed E-state index contributed by atoms with van der Waals surface area (Å²) >= 11 is 0. The molecule has 22 heavy (non-hydrogen) atoms. The number of benzene rings is 2. The minimum absolute atomic E-state index is 0.109. The fourth-order valence-corrected chi connectivity index (χ4v) is 2.39. The fourth-order valence-electron chi connectivity index (χ4n) is 2.39. The molecule has 0 radical (unpaired) electrons. The van der Waals surface area contributed by atoms with E-state index in [1.54, 1.807) is 6.92 Å². The van der Waals surface area contributed by atoms with Gasteiger partial charge in [0.05, 0.1) is 0 Å². The second kappa shape index (κ2) is 7.12. The highest BCUT2D eigenvalue weighted by atomic mass is 16.5. The highest BCUT2D eigenvalue weighted by molar-refractivity contribution is 5.80. The Morgan fingerprint density at radius 1 is 1.09 bits per heavy atom. The van der Waals surface area contributed by atoms with Crippen molar-refractivity contribution in [2.45, 2.75) is 40.3 Å². The monoisotopic (exact) mass is 297 g/mol. The molecular formula is C19H23NO2. The van der Waals surface area contributed by atoms with Crippen LogP contribution in [0, 0.1) is 20.8 Å². The van der Waals surface area contributed by atoms with Gasteiger partial charge in [-0.1, -0.05) is 30.3 Å². The predicted octanol–water partition coefficient (Wildman–Crippen LogP) is 3.70. The highest BCUT2D eigenvalue weighted by Gasteiger charge is 2.14. The second-order valence-corrected chi connectivity index (χ2v) is 5.73. The largest absolute Gasteiger partial charge is 0.481 e. The van der Waals surface area contributed by atoms with E-state index in [0.717, 1.165) is 22.4 Å². The Hall–Kier alpha value is -2.29. The zero-order valence-corrected chi connectivity index (χ0v) is 13.6. The van der Waals surface area contributed by atoms with Crippen LogP contribution >= 0.6 is 0 Å². The van der Waals surface area contributed by atoms with Crippen molar-refractivity contribution in [3.8, 4) is 5.75 Å². The van der Waals surface area contributed by atoms with Crippen LogP contribution in [0.15, 0.2) is 42.5 Å². The van der Waals surface area contributed by atoms with Gasteiger partial charge in [-0.05, 0) is 62.1 Å². The smallest absolute Gasteiger partial charge is 0.261 e. The molecule has 0 aliphatic rings. The Morgan fingerprint density at radius 2 is 1.73 bits per heavy atom. The van der Waals surface area contributed by atoms with E-state index in [9.17, 15) is 4.79 Å². The van der Waals surface area contributed by atoms with Gasteiger partial charge in [-0.3, -0.25) is 4.79 Å². The predicted molar refractivity (Wildman–Crippen MR) is 89.0 cm³/mol. The molecule has 0 bridgehead atoms.